The Morgan fingerprint density at radius 3 is 2.61 bits per heavy atom. The molecule has 1 atom stereocenters. The van der Waals surface area contributed by atoms with Crippen LogP contribution in [-0.2, 0) is 19.5 Å². The van der Waals surface area contributed by atoms with Crippen molar-refractivity contribution in [2.24, 2.45) is 0 Å². The van der Waals surface area contributed by atoms with Gasteiger partial charge in [-0.15, -0.1) is 0 Å². The smallest absolute Gasteiger partial charge is 0.257 e. The number of hydrogen-bond acceptors (Lipinski definition) is 6. The van der Waals surface area contributed by atoms with Gasteiger partial charge in [0.1, 0.15) is 5.56 Å². The van der Waals surface area contributed by atoms with E-state index >= 15 is 0 Å². The number of rotatable bonds is 7. The van der Waals surface area contributed by atoms with E-state index in [0.29, 0.717) is 36.5 Å². The van der Waals surface area contributed by atoms with E-state index in [1.807, 2.05) is 30.3 Å². The molecule has 3 heterocycles. The van der Waals surface area contributed by atoms with Gasteiger partial charge in [-0.25, -0.2) is 0 Å². The molecule has 2 aromatic heterocycles. The highest BCUT2D eigenvalue weighted by molar-refractivity contribution is 5.97. The quantitative estimate of drug-likeness (QED) is 0.600. The van der Waals surface area contributed by atoms with Gasteiger partial charge in [0.05, 0.1) is 44.3 Å². The highest BCUT2D eigenvalue weighted by Crippen LogP contribution is 2.22. The topological polar surface area (TPSA) is 107 Å². The van der Waals surface area contributed by atoms with E-state index in [-0.39, 0.29) is 23.7 Å². The number of nitrogens with one attached hydrogen (secondary N) is 2. The molecule has 0 radical (unpaired) electrons. The number of fused-ring (bicyclic) bond motifs is 1. The minimum absolute atomic E-state index is 0.182. The summed E-state index contributed by atoms with van der Waals surface area (Å²) < 4.78 is 12.0. The number of nitrogens with zero attached hydrogens (tertiary/aromatic N) is 3. The first-order valence-electron chi connectivity index (χ1n) is 9.85. The summed E-state index contributed by atoms with van der Waals surface area (Å²) in [6, 6.07) is 12.7. The van der Waals surface area contributed by atoms with Crippen molar-refractivity contribution in [1.82, 2.24) is 25.4 Å². The van der Waals surface area contributed by atoms with Crippen LogP contribution in [0, 0.1) is 0 Å². The van der Waals surface area contributed by atoms with Gasteiger partial charge in [-0.1, -0.05) is 30.3 Å². The largest absolute Gasteiger partial charge is 0.481 e. The lowest BCUT2D eigenvalue weighted by Gasteiger charge is -2.14. The zero-order valence-corrected chi connectivity index (χ0v) is 17.3. The third-order valence-corrected chi connectivity index (χ3v) is 5.14. The summed E-state index contributed by atoms with van der Waals surface area (Å²) in [7, 11) is 2.94. The molecule has 0 aliphatic carbocycles. The number of carbonyl (C=O) groups excluding carboxylic acids is 2. The van der Waals surface area contributed by atoms with E-state index in [9.17, 15) is 9.59 Å². The fourth-order valence-corrected chi connectivity index (χ4v) is 3.58. The molecule has 1 aliphatic rings. The van der Waals surface area contributed by atoms with E-state index in [2.05, 4.69) is 20.7 Å². The Hall–Kier alpha value is -3.88. The molecule has 0 fully saturated rings. The number of carbonyl (C=O) groups is 2. The van der Waals surface area contributed by atoms with Gasteiger partial charge in [-0.2, -0.15) is 10.1 Å². The molecule has 3 aromatic rings. The molecule has 9 heteroatoms. The van der Waals surface area contributed by atoms with Crippen LogP contribution in [0.15, 0.2) is 48.7 Å². The van der Waals surface area contributed by atoms with Gasteiger partial charge < -0.3 is 20.1 Å². The summed E-state index contributed by atoms with van der Waals surface area (Å²) in [5.74, 6) is 0.0602. The van der Waals surface area contributed by atoms with Crippen LogP contribution in [0.4, 0.5) is 0 Å². The number of pyridine rings is 1. The van der Waals surface area contributed by atoms with E-state index in [1.54, 1.807) is 23.0 Å². The van der Waals surface area contributed by atoms with Gasteiger partial charge in [0.25, 0.3) is 11.8 Å². The highest BCUT2D eigenvalue weighted by atomic mass is 16.5. The summed E-state index contributed by atoms with van der Waals surface area (Å²) in [5, 5.41) is 10.2. The average Bonchev–Trinajstić information content (AvgIpc) is 3.37. The van der Waals surface area contributed by atoms with Crippen LogP contribution in [-0.4, -0.2) is 46.8 Å². The van der Waals surface area contributed by atoms with Crippen LogP contribution in [0.25, 0.3) is 0 Å². The second kappa shape index (κ2) is 8.86. The van der Waals surface area contributed by atoms with Crippen LogP contribution in [0.1, 0.15) is 32.0 Å². The first-order valence-corrected chi connectivity index (χ1v) is 9.85. The zero-order valence-electron chi connectivity index (χ0n) is 17.3. The van der Waals surface area contributed by atoms with Crippen LogP contribution in [0.2, 0.25) is 0 Å². The molecule has 0 spiro atoms. The lowest BCUT2D eigenvalue weighted by Crippen LogP contribution is -2.36. The van der Waals surface area contributed by atoms with Crippen LogP contribution in [0.5, 0.6) is 11.8 Å². The molecule has 1 unspecified atom stereocenters. The Kier molecular flexibility index (Phi) is 5.83. The van der Waals surface area contributed by atoms with Crippen molar-refractivity contribution in [3.8, 4) is 11.8 Å². The first kappa shape index (κ1) is 20.4. The Morgan fingerprint density at radius 1 is 1.06 bits per heavy atom. The maximum Gasteiger partial charge on any atom is 0.257 e. The van der Waals surface area contributed by atoms with Crippen molar-refractivity contribution >= 4 is 11.8 Å². The Morgan fingerprint density at radius 2 is 1.87 bits per heavy atom. The number of ether oxygens (including phenoxy) is 2. The summed E-state index contributed by atoms with van der Waals surface area (Å²) in [4.78, 5) is 29.5. The minimum Gasteiger partial charge on any atom is -0.481 e. The maximum absolute atomic E-state index is 12.8. The first-order chi connectivity index (χ1) is 15.1. The number of benzene rings is 1. The summed E-state index contributed by atoms with van der Waals surface area (Å²) in [6.45, 7) is 0.924. The fraction of sp³-hybridized carbons (Fsp3) is 0.273. The maximum atomic E-state index is 12.8. The second-order valence-corrected chi connectivity index (χ2v) is 7.14. The van der Waals surface area contributed by atoms with E-state index in [1.165, 1.54) is 14.2 Å². The molecule has 0 saturated carbocycles. The normalized spacial score (nSPS) is 14.6. The molecular formula is C22H23N5O4. The van der Waals surface area contributed by atoms with Gasteiger partial charge in [0, 0.05) is 19.0 Å². The van der Waals surface area contributed by atoms with Crippen molar-refractivity contribution in [3.05, 3.63) is 71.0 Å². The van der Waals surface area contributed by atoms with E-state index < -0.39 is 0 Å². The van der Waals surface area contributed by atoms with E-state index in [0.717, 1.165) is 11.3 Å². The van der Waals surface area contributed by atoms with Gasteiger partial charge in [-0.3, -0.25) is 14.3 Å². The van der Waals surface area contributed by atoms with Gasteiger partial charge in [0.2, 0.25) is 11.8 Å². The molecule has 1 aliphatic heterocycles. The lowest BCUT2D eigenvalue weighted by molar-refractivity contribution is 0.0931. The number of methoxy groups -OCH3 is 2. The SMILES string of the molecule is COc1ccc(C(=O)NC2Cc3c(C(=O)NCc4ccccc4)cnn3C2)c(OC)n1. The molecule has 2 N–H and O–H groups in total. The minimum atomic E-state index is -0.308. The fourth-order valence-electron chi connectivity index (χ4n) is 3.58. The summed E-state index contributed by atoms with van der Waals surface area (Å²) >= 11 is 0. The standard InChI is InChI=1S/C22H23N5O4/c1-30-19-9-8-16(22(26-19)31-2)21(29)25-15-10-18-17(12-24-27(18)13-15)20(28)23-11-14-6-4-3-5-7-14/h3-9,12,15H,10-11,13H2,1-2H3,(H,23,28)(H,25,29). The summed E-state index contributed by atoms with van der Waals surface area (Å²) in [6.07, 6.45) is 2.08. The van der Waals surface area contributed by atoms with Gasteiger partial charge in [-0.05, 0) is 11.6 Å². The molecule has 0 bridgehead atoms. The molecule has 0 saturated heterocycles. The molecule has 4 rings (SSSR count). The van der Waals surface area contributed by atoms with Crippen LogP contribution >= 0.6 is 0 Å². The van der Waals surface area contributed by atoms with Crippen molar-refractivity contribution in [2.75, 3.05) is 14.2 Å². The molecule has 1 aromatic carbocycles. The molecule has 2 amide bonds. The van der Waals surface area contributed by atoms with Crippen molar-refractivity contribution in [2.45, 2.75) is 25.6 Å². The average molecular weight is 421 g/mol. The predicted octanol–water partition coefficient (Wildman–Crippen LogP) is 1.58. The molecule has 160 valence electrons. The Balaban J connectivity index is 1.40. The third kappa shape index (κ3) is 4.35. The summed E-state index contributed by atoms with van der Waals surface area (Å²) in [5.41, 5.74) is 2.66. The molecular weight excluding hydrogens is 398 g/mol. The van der Waals surface area contributed by atoms with Crippen molar-refractivity contribution in [1.29, 1.82) is 0 Å². The van der Waals surface area contributed by atoms with Crippen LogP contribution in [0.3, 0.4) is 0 Å². The Bertz CT molecular complexity index is 1100. The number of amides is 2. The van der Waals surface area contributed by atoms with E-state index in [4.69, 9.17) is 9.47 Å². The Labute approximate surface area is 179 Å². The lowest BCUT2D eigenvalue weighted by atomic mass is 10.1. The van der Waals surface area contributed by atoms with Crippen molar-refractivity contribution < 1.29 is 19.1 Å². The predicted molar refractivity (Wildman–Crippen MR) is 112 cm³/mol. The third-order valence-electron chi connectivity index (χ3n) is 5.14. The highest BCUT2D eigenvalue weighted by Gasteiger charge is 2.29. The van der Waals surface area contributed by atoms with Crippen LogP contribution < -0.4 is 20.1 Å². The number of hydrogen-bond donors (Lipinski definition) is 2. The van der Waals surface area contributed by atoms with Gasteiger partial charge >= 0.3 is 0 Å². The second-order valence-electron chi connectivity index (χ2n) is 7.14. The molecule has 9 nitrogen and oxygen atoms in total. The monoisotopic (exact) mass is 421 g/mol. The number of aromatic nitrogens is 3. The van der Waals surface area contributed by atoms with Crippen molar-refractivity contribution in [3.63, 3.8) is 0 Å². The van der Waals surface area contributed by atoms with Gasteiger partial charge in [0.15, 0.2) is 0 Å². The molecule has 31 heavy (non-hydrogen) atoms. The zero-order chi connectivity index (χ0) is 21.8.